The van der Waals surface area contributed by atoms with E-state index < -0.39 is 17.7 Å². The van der Waals surface area contributed by atoms with Crippen LogP contribution in [0.1, 0.15) is 34.8 Å². The highest BCUT2D eigenvalue weighted by atomic mass is 19.4. The molecule has 4 rings (SSSR count). The SMILES string of the molecule is CC(C)C(=O)n1c2cc(C(F)(F)F)ccc2c2oc(C(=O)N3CCOCC3)cc21. The van der Waals surface area contributed by atoms with Crippen molar-refractivity contribution in [3.63, 3.8) is 0 Å². The molecule has 0 radical (unpaired) electrons. The van der Waals surface area contributed by atoms with E-state index in [1.807, 2.05) is 0 Å². The summed E-state index contributed by atoms with van der Waals surface area (Å²) in [5.41, 5.74) is -0.237. The topological polar surface area (TPSA) is 64.7 Å². The number of hydrogen-bond donors (Lipinski definition) is 0. The summed E-state index contributed by atoms with van der Waals surface area (Å²) in [6, 6.07) is 4.59. The highest BCUT2D eigenvalue weighted by Crippen LogP contribution is 2.37. The molecule has 6 nitrogen and oxygen atoms in total. The fourth-order valence-corrected chi connectivity index (χ4v) is 3.48. The molecule has 0 unspecified atom stereocenters. The molecule has 154 valence electrons. The number of rotatable bonds is 2. The van der Waals surface area contributed by atoms with Crippen LogP contribution in [0.5, 0.6) is 0 Å². The van der Waals surface area contributed by atoms with Crippen LogP contribution in [0.25, 0.3) is 22.0 Å². The quantitative estimate of drug-likeness (QED) is 0.638. The molecule has 0 bridgehead atoms. The summed E-state index contributed by atoms with van der Waals surface area (Å²) in [6.07, 6.45) is -4.54. The summed E-state index contributed by atoms with van der Waals surface area (Å²) >= 11 is 0. The van der Waals surface area contributed by atoms with Gasteiger partial charge in [-0.15, -0.1) is 0 Å². The number of alkyl halides is 3. The summed E-state index contributed by atoms with van der Waals surface area (Å²) in [5, 5.41) is 0.350. The molecule has 3 heterocycles. The second-order valence-corrected chi connectivity index (χ2v) is 7.29. The summed E-state index contributed by atoms with van der Waals surface area (Å²) in [6.45, 7) is 5.01. The van der Waals surface area contributed by atoms with Gasteiger partial charge in [0.25, 0.3) is 5.91 Å². The van der Waals surface area contributed by atoms with Gasteiger partial charge < -0.3 is 14.1 Å². The fourth-order valence-electron chi connectivity index (χ4n) is 3.48. The Morgan fingerprint density at radius 1 is 1.07 bits per heavy atom. The molecular weight excluding hydrogens is 389 g/mol. The Hall–Kier alpha value is -2.81. The molecule has 1 aliphatic rings. The number of fused-ring (bicyclic) bond motifs is 3. The number of benzene rings is 1. The number of carbonyl (C=O) groups is 2. The first kappa shape index (κ1) is 19.5. The van der Waals surface area contributed by atoms with Gasteiger partial charge in [0, 0.05) is 30.5 Å². The van der Waals surface area contributed by atoms with Gasteiger partial charge in [0.2, 0.25) is 5.91 Å². The predicted octanol–water partition coefficient (Wildman–Crippen LogP) is 4.17. The summed E-state index contributed by atoms with van der Waals surface area (Å²) in [7, 11) is 0. The maximum atomic E-state index is 13.2. The molecule has 29 heavy (non-hydrogen) atoms. The van der Waals surface area contributed by atoms with Crippen LogP contribution < -0.4 is 0 Å². The lowest BCUT2D eigenvalue weighted by atomic mass is 10.1. The first-order valence-electron chi connectivity index (χ1n) is 9.25. The highest BCUT2D eigenvalue weighted by Gasteiger charge is 2.33. The predicted molar refractivity (Wildman–Crippen MR) is 98.9 cm³/mol. The third-order valence-corrected chi connectivity index (χ3v) is 4.99. The van der Waals surface area contributed by atoms with Crippen LogP contribution in [0.4, 0.5) is 13.2 Å². The summed E-state index contributed by atoms with van der Waals surface area (Å²) in [4.78, 5) is 27.1. The highest BCUT2D eigenvalue weighted by molar-refractivity contribution is 6.13. The Morgan fingerprint density at radius 3 is 2.38 bits per heavy atom. The standard InChI is InChI=1S/C20H19F3N2O4/c1-11(2)18(26)25-14-9-12(20(21,22)23)3-4-13(14)17-15(25)10-16(29-17)19(27)24-5-7-28-8-6-24/h3-4,9-11H,5-8H2,1-2H3. The first-order chi connectivity index (χ1) is 13.7. The van der Waals surface area contributed by atoms with Crippen LogP contribution in [0.2, 0.25) is 0 Å². The second-order valence-electron chi connectivity index (χ2n) is 7.29. The van der Waals surface area contributed by atoms with Crippen molar-refractivity contribution in [3.05, 3.63) is 35.6 Å². The van der Waals surface area contributed by atoms with Crippen LogP contribution in [0, 0.1) is 5.92 Å². The molecule has 0 aliphatic carbocycles. The maximum Gasteiger partial charge on any atom is 0.416 e. The minimum atomic E-state index is -4.54. The van der Waals surface area contributed by atoms with Crippen LogP contribution in [0.15, 0.2) is 28.7 Å². The number of nitrogens with zero attached hydrogens (tertiary/aromatic N) is 2. The van der Waals surface area contributed by atoms with Crippen LogP contribution in [-0.2, 0) is 10.9 Å². The van der Waals surface area contributed by atoms with Gasteiger partial charge in [-0.1, -0.05) is 13.8 Å². The number of amides is 1. The first-order valence-corrected chi connectivity index (χ1v) is 9.25. The molecule has 0 saturated carbocycles. The molecule has 1 saturated heterocycles. The van der Waals surface area contributed by atoms with Crippen molar-refractivity contribution in [2.75, 3.05) is 26.3 Å². The summed E-state index contributed by atoms with van der Waals surface area (Å²) in [5.74, 6) is -1.13. The lowest BCUT2D eigenvalue weighted by Crippen LogP contribution is -2.40. The van der Waals surface area contributed by atoms with Crippen LogP contribution >= 0.6 is 0 Å². The average molecular weight is 408 g/mol. The third kappa shape index (κ3) is 3.29. The van der Waals surface area contributed by atoms with E-state index in [0.717, 1.165) is 12.1 Å². The largest absolute Gasteiger partial charge is 0.449 e. The minimum Gasteiger partial charge on any atom is -0.449 e. The molecule has 3 aromatic rings. The van der Waals surface area contributed by atoms with E-state index in [2.05, 4.69) is 0 Å². The van der Waals surface area contributed by atoms with Crippen molar-refractivity contribution in [3.8, 4) is 0 Å². The van der Waals surface area contributed by atoms with Gasteiger partial charge in [-0.05, 0) is 18.2 Å². The van der Waals surface area contributed by atoms with E-state index >= 15 is 0 Å². The van der Waals surface area contributed by atoms with Gasteiger partial charge in [0.1, 0.15) is 0 Å². The molecule has 1 amide bonds. The van der Waals surface area contributed by atoms with Gasteiger partial charge in [-0.3, -0.25) is 14.2 Å². The van der Waals surface area contributed by atoms with Gasteiger partial charge in [0.05, 0.1) is 29.8 Å². The van der Waals surface area contributed by atoms with Gasteiger partial charge in [0.15, 0.2) is 11.3 Å². The zero-order chi connectivity index (χ0) is 20.9. The third-order valence-electron chi connectivity index (χ3n) is 4.99. The van der Waals surface area contributed by atoms with E-state index in [1.54, 1.807) is 18.7 Å². The number of furan rings is 1. The Labute approximate surface area is 163 Å². The number of morpholine rings is 1. The van der Waals surface area contributed by atoms with Crippen molar-refractivity contribution in [1.29, 1.82) is 0 Å². The molecule has 1 fully saturated rings. The van der Waals surface area contributed by atoms with E-state index in [0.29, 0.717) is 31.7 Å². The van der Waals surface area contributed by atoms with Crippen molar-refractivity contribution < 1.29 is 31.9 Å². The lowest BCUT2D eigenvalue weighted by Gasteiger charge is -2.25. The van der Waals surface area contributed by atoms with E-state index in [4.69, 9.17) is 9.15 Å². The average Bonchev–Trinajstić information content (AvgIpc) is 3.23. The molecule has 1 aliphatic heterocycles. The zero-order valence-corrected chi connectivity index (χ0v) is 15.9. The normalized spacial score (nSPS) is 15.6. The molecule has 9 heteroatoms. The van der Waals surface area contributed by atoms with Crippen molar-refractivity contribution >= 4 is 33.8 Å². The Morgan fingerprint density at radius 2 is 1.76 bits per heavy atom. The Balaban J connectivity index is 1.90. The molecule has 1 aromatic carbocycles. The number of halogens is 3. The number of aromatic nitrogens is 1. The molecule has 0 N–H and O–H groups in total. The minimum absolute atomic E-state index is 0.0454. The second kappa shape index (κ2) is 6.91. The van der Waals surface area contributed by atoms with Gasteiger partial charge in [-0.25, -0.2) is 0 Å². The van der Waals surface area contributed by atoms with E-state index in [9.17, 15) is 22.8 Å². The van der Waals surface area contributed by atoms with E-state index in [-0.39, 0.29) is 34.2 Å². The Bertz CT molecular complexity index is 1100. The number of hydrogen-bond acceptors (Lipinski definition) is 4. The Kier molecular flexibility index (Phi) is 4.65. The number of ether oxygens (including phenoxy) is 1. The van der Waals surface area contributed by atoms with Crippen molar-refractivity contribution in [1.82, 2.24) is 9.47 Å². The fraction of sp³-hybridized carbons (Fsp3) is 0.400. The molecular formula is C20H19F3N2O4. The lowest BCUT2D eigenvalue weighted by molar-refractivity contribution is -0.137. The van der Waals surface area contributed by atoms with Crippen LogP contribution in [-0.4, -0.2) is 47.6 Å². The van der Waals surface area contributed by atoms with Gasteiger partial charge in [-0.2, -0.15) is 13.2 Å². The molecule has 0 atom stereocenters. The smallest absolute Gasteiger partial charge is 0.416 e. The van der Waals surface area contributed by atoms with E-state index in [1.165, 1.54) is 16.7 Å². The summed E-state index contributed by atoms with van der Waals surface area (Å²) < 4.78 is 51.8. The maximum absolute atomic E-state index is 13.2. The molecule has 2 aromatic heterocycles. The van der Waals surface area contributed by atoms with Crippen molar-refractivity contribution in [2.24, 2.45) is 5.92 Å². The molecule has 0 spiro atoms. The van der Waals surface area contributed by atoms with Crippen LogP contribution in [0.3, 0.4) is 0 Å². The van der Waals surface area contributed by atoms with Gasteiger partial charge >= 0.3 is 6.18 Å². The zero-order valence-electron chi connectivity index (χ0n) is 15.9. The number of carbonyl (C=O) groups excluding carboxylic acids is 2. The van der Waals surface area contributed by atoms with Crippen molar-refractivity contribution in [2.45, 2.75) is 20.0 Å². The monoisotopic (exact) mass is 408 g/mol.